The largest absolute Gasteiger partial charge is 0.398 e. The second-order valence-electron chi connectivity index (χ2n) is 4.59. The number of hydrogen-bond donors (Lipinski definition) is 2. The van der Waals surface area contributed by atoms with Crippen LogP contribution < -0.4 is 11.2 Å². The van der Waals surface area contributed by atoms with E-state index in [-0.39, 0.29) is 0 Å². The van der Waals surface area contributed by atoms with Crippen LogP contribution in [0.2, 0.25) is 0 Å². The first kappa shape index (κ1) is 13.1. The average molecular weight is 253 g/mol. The van der Waals surface area contributed by atoms with Crippen LogP contribution in [0.25, 0.3) is 0 Å². The molecule has 2 aromatic rings. The van der Waals surface area contributed by atoms with Gasteiger partial charge in [-0.15, -0.1) is 0 Å². The van der Waals surface area contributed by atoms with Crippen LogP contribution >= 0.6 is 0 Å². The summed E-state index contributed by atoms with van der Waals surface area (Å²) in [6, 6.07) is 14.2. The summed E-state index contributed by atoms with van der Waals surface area (Å²) in [4.78, 5) is 0. The summed E-state index contributed by atoms with van der Waals surface area (Å²) in [6.45, 7) is 4.13. The highest BCUT2D eigenvalue weighted by Gasteiger charge is 2.12. The molecule has 98 valence electrons. The molecule has 0 aromatic heterocycles. The number of nitrogens with one attached hydrogen (secondary N) is 1. The van der Waals surface area contributed by atoms with Crippen molar-refractivity contribution in [1.29, 1.82) is 0 Å². The Morgan fingerprint density at radius 1 is 1.05 bits per heavy atom. The van der Waals surface area contributed by atoms with Crippen molar-refractivity contribution in [3.63, 3.8) is 0 Å². The number of hydrogen-bond acceptors (Lipinski definition) is 3. The van der Waals surface area contributed by atoms with Gasteiger partial charge in [0.05, 0.1) is 5.71 Å². The number of benzene rings is 2. The van der Waals surface area contributed by atoms with Crippen molar-refractivity contribution in [2.75, 3.05) is 12.8 Å². The van der Waals surface area contributed by atoms with E-state index in [1.807, 2.05) is 24.3 Å². The van der Waals surface area contributed by atoms with Crippen molar-refractivity contribution in [2.45, 2.75) is 13.8 Å². The van der Waals surface area contributed by atoms with E-state index >= 15 is 0 Å². The molecule has 3 heteroatoms. The van der Waals surface area contributed by atoms with Crippen LogP contribution in [0, 0.1) is 13.8 Å². The summed E-state index contributed by atoms with van der Waals surface area (Å²) in [7, 11) is 1.80. The molecule has 0 fully saturated rings. The van der Waals surface area contributed by atoms with Gasteiger partial charge in [0.15, 0.2) is 0 Å². The second kappa shape index (κ2) is 5.57. The number of rotatable bonds is 3. The zero-order valence-corrected chi connectivity index (χ0v) is 11.6. The summed E-state index contributed by atoms with van der Waals surface area (Å²) >= 11 is 0. The lowest BCUT2D eigenvalue weighted by Gasteiger charge is -2.12. The van der Waals surface area contributed by atoms with Gasteiger partial charge in [-0.25, -0.2) is 0 Å². The molecule has 0 radical (unpaired) electrons. The molecule has 19 heavy (non-hydrogen) atoms. The fourth-order valence-electron chi connectivity index (χ4n) is 2.09. The van der Waals surface area contributed by atoms with Crippen LogP contribution in [0.15, 0.2) is 47.6 Å². The molecule has 3 nitrogen and oxygen atoms in total. The van der Waals surface area contributed by atoms with Crippen molar-refractivity contribution in [1.82, 2.24) is 5.43 Å². The van der Waals surface area contributed by atoms with Crippen molar-refractivity contribution in [2.24, 2.45) is 5.10 Å². The Hall–Kier alpha value is -2.29. The number of hydrazone groups is 1. The molecule has 2 rings (SSSR count). The minimum atomic E-state index is 0.739. The number of aryl methyl sites for hydroxylation is 2. The van der Waals surface area contributed by atoms with E-state index in [0.717, 1.165) is 22.5 Å². The van der Waals surface area contributed by atoms with E-state index in [0.29, 0.717) is 0 Å². The lowest BCUT2D eigenvalue weighted by Crippen LogP contribution is -2.12. The van der Waals surface area contributed by atoms with Crippen LogP contribution in [0.5, 0.6) is 0 Å². The zero-order valence-electron chi connectivity index (χ0n) is 11.6. The third kappa shape index (κ3) is 2.76. The lowest BCUT2D eigenvalue weighted by molar-refractivity contribution is 0.901. The summed E-state index contributed by atoms with van der Waals surface area (Å²) in [6.07, 6.45) is 0. The molecule has 0 aliphatic rings. The molecule has 0 saturated carbocycles. The molecular weight excluding hydrogens is 234 g/mol. The summed E-state index contributed by atoms with van der Waals surface area (Å²) in [5.74, 6) is 0. The molecule has 0 aliphatic carbocycles. The van der Waals surface area contributed by atoms with Gasteiger partial charge in [-0.05, 0) is 31.5 Å². The molecule has 0 bridgehead atoms. The van der Waals surface area contributed by atoms with E-state index < -0.39 is 0 Å². The van der Waals surface area contributed by atoms with Crippen LogP contribution in [-0.4, -0.2) is 12.8 Å². The van der Waals surface area contributed by atoms with Gasteiger partial charge >= 0.3 is 0 Å². The Bertz CT molecular complexity index is 615. The van der Waals surface area contributed by atoms with Crippen molar-refractivity contribution in [3.05, 3.63) is 64.7 Å². The maximum absolute atomic E-state index is 6.10. The maximum Gasteiger partial charge on any atom is 0.0997 e. The Balaban J connectivity index is 2.62. The fraction of sp³-hybridized carbons (Fsp3) is 0.188. The van der Waals surface area contributed by atoms with Gasteiger partial charge in [-0.3, -0.25) is 0 Å². The molecule has 3 N–H and O–H groups in total. The number of anilines is 1. The van der Waals surface area contributed by atoms with Gasteiger partial charge in [0.25, 0.3) is 0 Å². The van der Waals surface area contributed by atoms with Gasteiger partial charge in [0.1, 0.15) is 0 Å². The quantitative estimate of drug-likeness (QED) is 0.502. The SMILES string of the molecule is CN/N=C(/c1ccccc1C)c1cc(C)ccc1N. The first-order chi connectivity index (χ1) is 9.13. The third-order valence-corrected chi connectivity index (χ3v) is 3.09. The molecule has 0 saturated heterocycles. The number of nitrogens with zero attached hydrogens (tertiary/aromatic N) is 1. The zero-order chi connectivity index (χ0) is 13.8. The van der Waals surface area contributed by atoms with Crippen molar-refractivity contribution < 1.29 is 0 Å². The molecule has 0 spiro atoms. The minimum absolute atomic E-state index is 0.739. The summed E-state index contributed by atoms with van der Waals surface area (Å²) < 4.78 is 0. The standard InChI is InChI=1S/C16H19N3/c1-11-8-9-15(17)14(10-11)16(19-18-3)13-7-5-4-6-12(13)2/h4-10,18H,17H2,1-3H3/b19-16-. The summed E-state index contributed by atoms with van der Waals surface area (Å²) in [5, 5.41) is 4.41. The van der Waals surface area contributed by atoms with Gasteiger partial charge in [0.2, 0.25) is 0 Å². The predicted octanol–water partition coefficient (Wildman–Crippen LogP) is 2.86. The Morgan fingerprint density at radius 2 is 1.79 bits per heavy atom. The molecular formula is C16H19N3. The van der Waals surface area contributed by atoms with Crippen molar-refractivity contribution >= 4 is 11.4 Å². The van der Waals surface area contributed by atoms with Gasteiger partial charge in [0, 0.05) is 23.9 Å². The minimum Gasteiger partial charge on any atom is -0.398 e. The van der Waals surface area contributed by atoms with Gasteiger partial charge < -0.3 is 11.2 Å². The van der Waals surface area contributed by atoms with Gasteiger partial charge in [-0.1, -0.05) is 35.9 Å². The molecule has 0 aliphatic heterocycles. The first-order valence-corrected chi connectivity index (χ1v) is 6.30. The van der Waals surface area contributed by atoms with Gasteiger partial charge in [-0.2, -0.15) is 5.10 Å². The molecule has 2 aromatic carbocycles. The Kier molecular flexibility index (Phi) is 3.85. The van der Waals surface area contributed by atoms with E-state index in [2.05, 4.69) is 42.6 Å². The monoisotopic (exact) mass is 253 g/mol. The fourth-order valence-corrected chi connectivity index (χ4v) is 2.09. The highest BCUT2D eigenvalue weighted by molar-refractivity contribution is 6.16. The van der Waals surface area contributed by atoms with E-state index in [4.69, 9.17) is 5.73 Å². The molecule has 0 atom stereocenters. The smallest absolute Gasteiger partial charge is 0.0997 e. The van der Waals surface area contributed by atoms with Crippen molar-refractivity contribution in [3.8, 4) is 0 Å². The topological polar surface area (TPSA) is 50.4 Å². The van der Waals surface area contributed by atoms with Crippen LogP contribution in [-0.2, 0) is 0 Å². The van der Waals surface area contributed by atoms with E-state index in [1.54, 1.807) is 7.05 Å². The normalized spacial score (nSPS) is 11.4. The van der Waals surface area contributed by atoms with Crippen LogP contribution in [0.3, 0.4) is 0 Å². The number of nitrogen functional groups attached to an aromatic ring is 1. The highest BCUT2D eigenvalue weighted by Crippen LogP contribution is 2.21. The average Bonchev–Trinajstić information content (AvgIpc) is 2.40. The van der Waals surface area contributed by atoms with E-state index in [9.17, 15) is 0 Å². The Morgan fingerprint density at radius 3 is 2.47 bits per heavy atom. The number of nitrogens with two attached hydrogens (primary N) is 1. The second-order valence-corrected chi connectivity index (χ2v) is 4.59. The summed E-state index contributed by atoms with van der Waals surface area (Å²) in [5.41, 5.74) is 15.0. The highest BCUT2D eigenvalue weighted by atomic mass is 15.3. The maximum atomic E-state index is 6.10. The van der Waals surface area contributed by atoms with Crippen LogP contribution in [0.4, 0.5) is 5.69 Å². The van der Waals surface area contributed by atoms with Crippen LogP contribution in [0.1, 0.15) is 22.3 Å². The molecule has 0 amide bonds. The lowest BCUT2D eigenvalue weighted by atomic mass is 9.96. The molecule has 0 unspecified atom stereocenters. The first-order valence-electron chi connectivity index (χ1n) is 6.30. The third-order valence-electron chi connectivity index (χ3n) is 3.09. The molecule has 0 heterocycles. The predicted molar refractivity (Wildman–Crippen MR) is 81.5 cm³/mol. The Labute approximate surface area is 114 Å². The van der Waals surface area contributed by atoms with E-state index in [1.165, 1.54) is 11.1 Å².